The standard InChI is InChI=1S/C21H20ClN5O2S/c22-16-6-2-1-5-15(16)13-26-17-7-3-4-8-18(17)27-20(26)23-24-21(27)30-14-19(28)25-9-11-29-12-10-25/h1-8H,9-14H2. The molecule has 0 atom stereocenters. The van der Waals surface area contributed by atoms with Gasteiger partial charge in [-0.25, -0.2) is 0 Å². The second-order valence-corrected chi connectivity index (χ2v) is 8.42. The third-order valence-corrected chi connectivity index (χ3v) is 6.53. The number of aromatic nitrogens is 4. The summed E-state index contributed by atoms with van der Waals surface area (Å²) >= 11 is 7.81. The van der Waals surface area contributed by atoms with Crippen molar-refractivity contribution < 1.29 is 9.53 Å². The monoisotopic (exact) mass is 441 g/mol. The van der Waals surface area contributed by atoms with E-state index in [0.717, 1.165) is 27.4 Å². The van der Waals surface area contributed by atoms with Gasteiger partial charge in [0.1, 0.15) is 0 Å². The molecule has 0 saturated carbocycles. The lowest BCUT2D eigenvalue weighted by molar-refractivity contribution is -0.132. The molecule has 4 aromatic rings. The van der Waals surface area contributed by atoms with Crippen LogP contribution in [0.4, 0.5) is 0 Å². The van der Waals surface area contributed by atoms with E-state index in [2.05, 4.69) is 20.8 Å². The fraction of sp³-hybridized carbons (Fsp3) is 0.286. The van der Waals surface area contributed by atoms with Gasteiger partial charge in [-0.1, -0.05) is 53.7 Å². The largest absolute Gasteiger partial charge is 0.378 e. The van der Waals surface area contributed by atoms with Crippen LogP contribution in [-0.2, 0) is 16.1 Å². The van der Waals surface area contributed by atoms with E-state index in [1.807, 2.05) is 51.8 Å². The van der Waals surface area contributed by atoms with Crippen LogP contribution in [0.3, 0.4) is 0 Å². The molecular formula is C21H20ClN5O2S. The Bertz CT molecular complexity index is 1210. The highest BCUT2D eigenvalue weighted by Crippen LogP contribution is 2.28. The smallest absolute Gasteiger partial charge is 0.237 e. The van der Waals surface area contributed by atoms with E-state index >= 15 is 0 Å². The first-order chi connectivity index (χ1) is 14.7. The Labute approximate surface area is 182 Å². The fourth-order valence-corrected chi connectivity index (χ4v) is 4.75. The quantitative estimate of drug-likeness (QED) is 0.444. The van der Waals surface area contributed by atoms with Gasteiger partial charge in [-0.3, -0.25) is 9.20 Å². The number of carbonyl (C=O) groups excluding carboxylic acids is 1. The van der Waals surface area contributed by atoms with Crippen molar-refractivity contribution in [3.63, 3.8) is 0 Å². The number of thioether (sulfide) groups is 1. The predicted molar refractivity (Wildman–Crippen MR) is 117 cm³/mol. The molecule has 5 rings (SSSR count). The molecule has 0 unspecified atom stereocenters. The zero-order valence-corrected chi connectivity index (χ0v) is 17.8. The minimum absolute atomic E-state index is 0.0971. The molecular weight excluding hydrogens is 422 g/mol. The number of nitrogens with zero attached hydrogens (tertiary/aromatic N) is 5. The Hall–Kier alpha value is -2.55. The molecule has 0 aliphatic carbocycles. The number of morpholine rings is 1. The molecule has 2 aromatic heterocycles. The molecule has 1 fully saturated rings. The van der Waals surface area contributed by atoms with Gasteiger partial charge in [0.2, 0.25) is 11.7 Å². The van der Waals surface area contributed by atoms with Gasteiger partial charge in [0.15, 0.2) is 5.16 Å². The number of amides is 1. The molecule has 0 N–H and O–H groups in total. The number of hydrogen-bond acceptors (Lipinski definition) is 5. The molecule has 9 heteroatoms. The second-order valence-electron chi connectivity index (χ2n) is 7.07. The van der Waals surface area contributed by atoms with Crippen LogP contribution in [0.2, 0.25) is 5.02 Å². The highest BCUT2D eigenvalue weighted by atomic mass is 35.5. The zero-order valence-electron chi connectivity index (χ0n) is 16.2. The van der Waals surface area contributed by atoms with Gasteiger partial charge in [-0.05, 0) is 23.8 Å². The van der Waals surface area contributed by atoms with Crippen LogP contribution in [0.5, 0.6) is 0 Å². The summed E-state index contributed by atoms with van der Waals surface area (Å²) in [7, 11) is 0. The lowest BCUT2D eigenvalue weighted by Crippen LogP contribution is -2.41. The number of halogens is 1. The lowest BCUT2D eigenvalue weighted by Gasteiger charge is -2.26. The highest BCUT2D eigenvalue weighted by molar-refractivity contribution is 7.99. The summed E-state index contributed by atoms with van der Waals surface area (Å²) in [5.41, 5.74) is 3.07. The third kappa shape index (κ3) is 3.55. The number of rotatable bonds is 5. The van der Waals surface area contributed by atoms with Gasteiger partial charge in [-0.15, -0.1) is 10.2 Å². The lowest BCUT2D eigenvalue weighted by atomic mass is 10.2. The Kier molecular flexibility index (Phi) is 5.37. The summed E-state index contributed by atoms with van der Waals surface area (Å²) in [5.74, 6) is 1.16. The number of para-hydroxylation sites is 2. The Morgan fingerprint density at radius 3 is 2.57 bits per heavy atom. The summed E-state index contributed by atoms with van der Waals surface area (Å²) in [6, 6.07) is 15.9. The van der Waals surface area contributed by atoms with E-state index in [-0.39, 0.29) is 5.91 Å². The van der Waals surface area contributed by atoms with Gasteiger partial charge >= 0.3 is 0 Å². The first kappa shape index (κ1) is 19.4. The summed E-state index contributed by atoms with van der Waals surface area (Å²) in [4.78, 5) is 14.4. The topological polar surface area (TPSA) is 64.7 Å². The number of imidazole rings is 1. The van der Waals surface area contributed by atoms with Gasteiger partial charge in [0, 0.05) is 18.1 Å². The number of ether oxygens (including phenoxy) is 1. The van der Waals surface area contributed by atoms with Crippen molar-refractivity contribution in [2.75, 3.05) is 32.1 Å². The van der Waals surface area contributed by atoms with Crippen molar-refractivity contribution in [2.24, 2.45) is 0 Å². The predicted octanol–water partition coefficient (Wildman–Crippen LogP) is 3.34. The first-order valence-electron chi connectivity index (χ1n) is 9.76. The number of fused-ring (bicyclic) bond motifs is 3. The van der Waals surface area contributed by atoms with Crippen LogP contribution < -0.4 is 0 Å². The van der Waals surface area contributed by atoms with E-state index in [9.17, 15) is 4.79 Å². The van der Waals surface area contributed by atoms with Crippen molar-refractivity contribution >= 4 is 46.1 Å². The third-order valence-electron chi connectivity index (χ3n) is 5.25. The SMILES string of the molecule is O=C(CSc1nnc2n(Cc3ccccc3Cl)c3ccccc3n12)N1CCOCC1. The van der Waals surface area contributed by atoms with E-state index < -0.39 is 0 Å². The Morgan fingerprint density at radius 1 is 1.03 bits per heavy atom. The maximum atomic E-state index is 12.5. The molecule has 0 radical (unpaired) electrons. The highest BCUT2D eigenvalue weighted by Gasteiger charge is 2.21. The summed E-state index contributed by atoms with van der Waals surface area (Å²) < 4.78 is 9.45. The van der Waals surface area contributed by atoms with Gasteiger partial charge in [-0.2, -0.15) is 0 Å². The molecule has 1 amide bonds. The van der Waals surface area contributed by atoms with Crippen LogP contribution >= 0.6 is 23.4 Å². The van der Waals surface area contributed by atoms with Crippen molar-refractivity contribution in [2.45, 2.75) is 11.7 Å². The minimum atomic E-state index is 0.0971. The summed E-state index contributed by atoms with van der Waals surface area (Å²) in [6.45, 7) is 3.08. The molecule has 7 nitrogen and oxygen atoms in total. The summed E-state index contributed by atoms with van der Waals surface area (Å²) in [6.07, 6.45) is 0. The molecule has 154 valence electrons. The van der Waals surface area contributed by atoms with Gasteiger partial charge < -0.3 is 14.2 Å². The Morgan fingerprint density at radius 2 is 1.77 bits per heavy atom. The Balaban J connectivity index is 1.48. The molecule has 1 aliphatic heterocycles. The average Bonchev–Trinajstić information content (AvgIpc) is 3.33. The molecule has 30 heavy (non-hydrogen) atoms. The molecule has 0 spiro atoms. The zero-order chi connectivity index (χ0) is 20.5. The van der Waals surface area contributed by atoms with E-state index in [1.165, 1.54) is 11.8 Å². The maximum Gasteiger partial charge on any atom is 0.237 e. The van der Waals surface area contributed by atoms with Crippen LogP contribution in [0.25, 0.3) is 16.8 Å². The summed E-state index contributed by atoms with van der Waals surface area (Å²) in [5, 5.41) is 10.2. The first-order valence-corrected chi connectivity index (χ1v) is 11.1. The molecule has 1 saturated heterocycles. The van der Waals surface area contributed by atoms with Crippen LogP contribution in [-0.4, -0.2) is 62.0 Å². The van der Waals surface area contributed by atoms with Gasteiger partial charge in [0.25, 0.3) is 0 Å². The van der Waals surface area contributed by atoms with Crippen molar-refractivity contribution in [3.8, 4) is 0 Å². The molecule has 1 aliphatic rings. The number of benzene rings is 2. The molecule has 2 aromatic carbocycles. The number of carbonyl (C=O) groups is 1. The van der Waals surface area contributed by atoms with Crippen molar-refractivity contribution in [1.82, 2.24) is 24.1 Å². The number of hydrogen-bond donors (Lipinski definition) is 0. The van der Waals surface area contributed by atoms with E-state index in [1.54, 1.807) is 0 Å². The molecule has 0 bridgehead atoms. The normalized spacial score (nSPS) is 14.6. The molecule has 3 heterocycles. The second kappa shape index (κ2) is 8.29. The van der Waals surface area contributed by atoms with Crippen LogP contribution in [0.1, 0.15) is 5.56 Å². The van der Waals surface area contributed by atoms with Crippen LogP contribution in [0.15, 0.2) is 53.7 Å². The fourth-order valence-electron chi connectivity index (χ4n) is 3.71. The minimum Gasteiger partial charge on any atom is -0.378 e. The van der Waals surface area contributed by atoms with Crippen molar-refractivity contribution in [3.05, 3.63) is 59.1 Å². The van der Waals surface area contributed by atoms with E-state index in [0.29, 0.717) is 43.8 Å². The van der Waals surface area contributed by atoms with Gasteiger partial charge in [0.05, 0.1) is 36.5 Å². The maximum absolute atomic E-state index is 12.5. The van der Waals surface area contributed by atoms with E-state index in [4.69, 9.17) is 16.3 Å². The van der Waals surface area contributed by atoms with Crippen LogP contribution in [0, 0.1) is 0 Å². The average molecular weight is 442 g/mol. The van der Waals surface area contributed by atoms with Crippen molar-refractivity contribution in [1.29, 1.82) is 0 Å².